The maximum atomic E-state index is 11.5. The number of halogens is 1. The Morgan fingerprint density at radius 1 is 1.31 bits per heavy atom. The molecule has 0 amide bonds. The van der Waals surface area contributed by atoms with Crippen LogP contribution in [0.4, 0.5) is 0 Å². The van der Waals surface area contributed by atoms with Crippen LogP contribution in [0.15, 0.2) is 34.0 Å². The average Bonchev–Trinajstić information content (AvgIpc) is 2.15. The quantitative estimate of drug-likeness (QED) is 0.801. The molecule has 1 aromatic carbocycles. The maximum Gasteiger partial charge on any atom is 0.349 e. The third-order valence-electron chi connectivity index (χ3n) is 1.98. The number of hydrogen-bond acceptors (Lipinski definition) is 3. The van der Waals surface area contributed by atoms with Gasteiger partial charge in [0.1, 0.15) is 6.20 Å². The Morgan fingerprint density at radius 3 is 2.69 bits per heavy atom. The zero-order chi connectivity index (χ0) is 11.7. The van der Waals surface area contributed by atoms with Crippen LogP contribution in [0.5, 0.6) is 0 Å². The third-order valence-corrected chi connectivity index (χ3v) is 2.20. The molecule has 2 rings (SSSR count). The number of rotatable bonds is 1. The highest BCUT2D eigenvalue weighted by atomic mass is 35.5. The smallest absolute Gasteiger partial charge is 0.271 e. The summed E-state index contributed by atoms with van der Waals surface area (Å²) >= 11 is 5.87. The van der Waals surface area contributed by atoms with Crippen molar-refractivity contribution in [2.75, 3.05) is 0 Å². The Kier molecular flexibility index (Phi) is 2.62. The van der Waals surface area contributed by atoms with Crippen LogP contribution in [-0.2, 0) is 0 Å². The summed E-state index contributed by atoms with van der Waals surface area (Å²) in [5, 5.41) is 4.24. The highest BCUT2D eigenvalue weighted by Crippen LogP contribution is 2.15. The molecule has 1 N–H and O–H groups in total. The van der Waals surface area contributed by atoms with Gasteiger partial charge in [-0.25, -0.2) is 4.79 Å². The Balaban J connectivity index is 2.67. The number of hydrogen-bond donors (Lipinski definition) is 1. The van der Waals surface area contributed by atoms with Gasteiger partial charge in [0, 0.05) is 5.02 Å². The lowest BCUT2D eigenvalue weighted by molar-refractivity contribution is 0.749. The molecule has 0 spiro atoms. The monoisotopic (exact) mass is 237 g/mol. The van der Waals surface area contributed by atoms with Crippen LogP contribution in [0.2, 0.25) is 5.02 Å². The van der Waals surface area contributed by atoms with Gasteiger partial charge in [-0.05, 0) is 30.7 Å². The maximum absolute atomic E-state index is 11.5. The lowest BCUT2D eigenvalue weighted by Gasteiger charge is -2.04. The topological polar surface area (TPSA) is 67.8 Å². The van der Waals surface area contributed by atoms with Crippen molar-refractivity contribution < 1.29 is 0 Å². The summed E-state index contributed by atoms with van der Waals surface area (Å²) in [5.41, 5.74) is 0.308. The largest absolute Gasteiger partial charge is 0.349 e. The molecular weight excluding hydrogens is 230 g/mol. The Labute approximate surface area is 95.3 Å². The fourth-order valence-corrected chi connectivity index (χ4v) is 1.66. The zero-order valence-corrected chi connectivity index (χ0v) is 9.15. The summed E-state index contributed by atoms with van der Waals surface area (Å²) in [7, 11) is 0. The van der Waals surface area contributed by atoms with Gasteiger partial charge in [-0.3, -0.25) is 9.78 Å². The van der Waals surface area contributed by atoms with E-state index in [2.05, 4.69) is 10.1 Å². The minimum atomic E-state index is -0.589. The van der Waals surface area contributed by atoms with E-state index in [-0.39, 0.29) is 0 Å². The Hall–Kier alpha value is -1.88. The normalized spacial score (nSPS) is 10.4. The van der Waals surface area contributed by atoms with Crippen molar-refractivity contribution >= 4 is 11.6 Å². The van der Waals surface area contributed by atoms with Crippen molar-refractivity contribution in [3.05, 3.63) is 55.8 Å². The second kappa shape index (κ2) is 3.94. The summed E-state index contributed by atoms with van der Waals surface area (Å²) in [4.78, 5) is 24.4. The van der Waals surface area contributed by atoms with E-state index in [0.717, 1.165) is 16.4 Å². The first-order chi connectivity index (χ1) is 7.56. The molecule has 0 aliphatic heterocycles. The summed E-state index contributed by atoms with van der Waals surface area (Å²) in [5.74, 6) is 0. The second-order valence-electron chi connectivity index (χ2n) is 3.34. The lowest BCUT2D eigenvalue weighted by Crippen LogP contribution is -2.30. The van der Waals surface area contributed by atoms with Crippen molar-refractivity contribution in [1.82, 2.24) is 14.8 Å². The second-order valence-corrected chi connectivity index (χ2v) is 3.77. The first-order valence-electron chi connectivity index (χ1n) is 4.52. The fourth-order valence-electron chi connectivity index (χ4n) is 1.38. The summed E-state index contributed by atoms with van der Waals surface area (Å²) in [6.45, 7) is 1.85. The third kappa shape index (κ3) is 2.04. The molecule has 0 saturated carbocycles. The van der Waals surface area contributed by atoms with E-state index < -0.39 is 11.2 Å². The number of benzene rings is 1. The van der Waals surface area contributed by atoms with Crippen LogP contribution >= 0.6 is 11.6 Å². The molecule has 0 saturated heterocycles. The Morgan fingerprint density at radius 2 is 2.06 bits per heavy atom. The average molecular weight is 238 g/mol. The van der Waals surface area contributed by atoms with Crippen LogP contribution in [0, 0.1) is 6.92 Å². The molecule has 0 atom stereocenters. The van der Waals surface area contributed by atoms with Gasteiger partial charge in [-0.15, -0.1) is 0 Å². The van der Waals surface area contributed by atoms with Gasteiger partial charge in [0.25, 0.3) is 5.56 Å². The number of aryl methyl sites for hydroxylation is 1. The van der Waals surface area contributed by atoms with E-state index in [1.807, 2.05) is 6.92 Å². The number of nitrogens with one attached hydrogen (secondary N) is 1. The van der Waals surface area contributed by atoms with Gasteiger partial charge in [0.2, 0.25) is 0 Å². The first-order valence-corrected chi connectivity index (χ1v) is 4.90. The number of nitrogens with zero attached hydrogens (tertiary/aromatic N) is 2. The SMILES string of the molecule is Cc1cc(Cl)cc(-n2ncc(=O)[nH]c2=O)c1. The van der Waals surface area contributed by atoms with E-state index in [9.17, 15) is 9.59 Å². The highest BCUT2D eigenvalue weighted by Gasteiger charge is 2.03. The van der Waals surface area contributed by atoms with Crippen LogP contribution in [0.1, 0.15) is 5.56 Å². The predicted octanol–water partition coefficient (Wildman–Crippen LogP) is 0.883. The van der Waals surface area contributed by atoms with Crippen LogP contribution in [0.3, 0.4) is 0 Å². The lowest BCUT2D eigenvalue weighted by atomic mass is 10.2. The number of aromatic amines is 1. The molecule has 0 radical (unpaired) electrons. The first kappa shape index (κ1) is 10.6. The van der Waals surface area contributed by atoms with Crippen molar-refractivity contribution in [3.8, 4) is 5.69 Å². The molecule has 0 aliphatic rings. The molecule has 1 aromatic heterocycles. The molecule has 0 aliphatic carbocycles. The Bertz CT molecular complexity index is 625. The van der Waals surface area contributed by atoms with E-state index >= 15 is 0 Å². The van der Waals surface area contributed by atoms with Crippen LogP contribution in [0.25, 0.3) is 5.69 Å². The summed E-state index contributed by atoms with van der Waals surface area (Å²) in [6.07, 6.45) is 1.04. The number of H-pyrrole nitrogens is 1. The summed E-state index contributed by atoms with van der Waals surface area (Å²) < 4.78 is 1.08. The van der Waals surface area contributed by atoms with Crippen molar-refractivity contribution in [1.29, 1.82) is 0 Å². The van der Waals surface area contributed by atoms with E-state index in [4.69, 9.17) is 11.6 Å². The molecule has 2 aromatic rings. The van der Waals surface area contributed by atoms with Crippen molar-refractivity contribution in [2.24, 2.45) is 0 Å². The van der Waals surface area contributed by atoms with Crippen LogP contribution in [-0.4, -0.2) is 14.8 Å². The minimum Gasteiger partial charge on any atom is -0.271 e. The zero-order valence-electron chi connectivity index (χ0n) is 8.40. The molecule has 5 nitrogen and oxygen atoms in total. The minimum absolute atomic E-state index is 0.509. The molecule has 0 unspecified atom stereocenters. The number of aromatic nitrogens is 3. The molecule has 16 heavy (non-hydrogen) atoms. The van der Waals surface area contributed by atoms with Gasteiger partial charge in [-0.2, -0.15) is 9.78 Å². The van der Waals surface area contributed by atoms with Gasteiger partial charge in [-0.1, -0.05) is 11.6 Å². The highest BCUT2D eigenvalue weighted by molar-refractivity contribution is 6.30. The molecule has 0 fully saturated rings. The van der Waals surface area contributed by atoms with E-state index in [0.29, 0.717) is 10.7 Å². The summed E-state index contributed by atoms with van der Waals surface area (Å²) in [6, 6.07) is 5.11. The fraction of sp³-hybridized carbons (Fsp3) is 0.100. The molecule has 82 valence electrons. The molecule has 6 heteroatoms. The van der Waals surface area contributed by atoms with E-state index in [1.54, 1.807) is 18.2 Å². The van der Waals surface area contributed by atoms with Crippen molar-refractivity contribution in [2.45, 2.75) is 6.92 Å². The molecule has 1 heterocycles. The standard InChI is InChI=1S/C10H8ClN3O2/c1-6-2-7(11)4-8(3-6)14-10(16)13-9(15)5-12-14/h2-5H,1H3,(H,13,15,16). The van der Waals surface area contributed by atoms with Gasteiger partial charge < -0.3 is 0 Å². The van der Waals surface area contributed by atoms with Gasteiger partial charge in [0.15, 0.2) is 0 Å². The van der Waals surface area contributed by atoms with Gasteiger partial charge >= 0.3 is 5.69 Å². The van der Waals surface area contributed by atoms with E-state index in [1.165, 1.54) is 0 Å². The van der Waals surface area contributed by atoms with Gasteiger partial charge in [0.05, 0.1) is 5.69 Å². The molecular formula is C10H8ClN3O2. The molecule has 0 bridgehead atoms. The predicted molar refractivity (Wildman–Crippen MR) is 60.2 cm³/mol. The van der Waals surface area contributed by atoms with Crippen molar-refractivity contribution in [3.63, 3.8) is 0 Å². The van der Waals surface area contributed by atoms with Crippen LogP contribution < -0.4 is 11.2 Å².